The van der Waals surface area contributed by atoms with Crippen LogP contribution in [0.25, 0.3) is 0 Å². The first-order valence-electron chi connectivity index (χ1n) is 8.74. The summed E-state index contributed by atoms with van der Waals surface area (Å²) in [5, 5.41) is 0. The van der Waals surface area contributed by atoms with Crippen LogP contribution in [0.15, 0.2) is 21.3 Å². The normalized spacial score (nSPS) is 19.4. The maximum absolute atomic E-state index is 12.6. The molecule has 6 nitrogen and oxygen atoms in total. The van der Waals surface area contributed by atoms with Crippen molar-refractivity contribution < 1.29 is 14.0 Å². The maximum Gasteiger partial charge on any atom is 0.289 e. The topological polar surface area (TPSA) is 70.8 Å². The van der Waals surface area contributed by atoms with Crippen LogP contribution in [-0.4, -0.2) is 47.8 Å². The van der Waals surface area contributed by atoms with Gasteiger partial charge < -0.3 is 14.2 Å². The molecule has 6 heteroatoms. The maximum atomic E-state index is 12.6. The lowest BCUT2D eigenvalue weighted by Crippen LogP contribution is -2.45. The molecule has 1 aromatic heterocycles. The van der Waals surface area contributed by atoms with Crippen molar-refractivity contribution in [3.63, 3.8) is 0 Å². The molecule has 0 bridgehead atoms. The van der Waals surface area contributed by atoms with E-state index in [4.69, 9.17) is 4.42 Å². The van der Waals surface area contributed by atoms with Gasteiger partial charge in [-0.25, -0.2) is 0 Å². The predicted molar refractivity (Wildman–Crippen MR) is 88.8 cm³/mol. The number of rotatable bonds is 2. The number of hydrogen-bond acceptors (Lipinski definition) is 4. The molecule has 2 amide bonds. The van der Waals surface area contributed by atoms with Gasteiger partial charge in [0.2, 0.25) is 5.91 Å². The lowest BCUT2D eigenvalue weighted by atomic mass is 9.94. The summed E-state index contributed by atoms with van der Waals surface area (Å²) in [6.07, 6.45) is 4.75. The Morgan fingerprint density at radius 3 is 2.29 bits per heavy atom. The molecule has 1 aromatic rings. The Morgan fingerprint density at radius 2 is 1.67 bits per heavy atom. The number of carbonyl (C=O) groups is 2. The van der Waals surface area contributed by atoms with Gasteiger partial charge in [0.05, 0.1) is 0 Å². The van der Waals surface area contributed by atoms with E-state index in [2.05, 4.69) is 0 Å². The third kappa shape index (κ3) is 3.68. The van der Waals surface area contributed by atoms with Crippen LogP contribution >= 0.6 is 0 Å². The SMILES string of the molecule is Cc1cc(=O)cc(C(=O)N2CCC(C(=O)N3CCCCC3)CC2)o1. The summed E-state index contributed by atoms with van der Waals surface area (Å²) < 4.78 is 5.38. The molecule has 0 aromatic carbocycles. The summed E-state index contributed by atoms with van der Waals surface area (Å²) in [4.78, 5) is 40.2. The van der Waals surface area contributed by atoms with E-state index in [1.165, 1.54) is 18.6 Å². The zero-order chi connectivity index (χ0) is 17.1. The van der Waals surface area contributed by atoms with Gasteiger partial charge in [-0.1, -0.05) is 0 Å². The first-order valence-corrected chi connectivity index (χ1v) is 8.74. The Kier molecular flexibility index (Phi) is 5.02. The molecule has 2 saturated heterocycles. The molecule has 130 valence electrons. The number of likely N-dealkylation sites (tertiary alicyclic amines) is 2. The van der Waals surface area contributed by atoms with Gasteiger partial charge in [-0.2, -0.15) is 0 Å². The second-order valence-electron chi connectivity index (χ2n) is 6.72. The quantitative estimate of drug-likeness (QED) is 0.828. The number of hydrogen-bond donors (Lipinski definition) is 0. The van der Waals surface area contributed by atoms with E-state index < -0.39 is 0 Å². The average molecular weight is 332 g/mol. The monoisotopic (exact) mass is 332 g/mol. The van der Waals surface area contributed by atoms with Gasteiger partial charge >= 0.3 is 0 Å². The Hall–Kier alpha value is -2.11. The van der Waals surface area contributed by atoms with E-state index in [1.54, 1.807) is 11.8 Å². The Balaban J connectivity index is 1.59. The van der Waals surface area contributed by atoms with Crippen molar-refractivity contribution >= 4 is 11.8 Å². The molecule has 2 aliphatic heterocycles. The number of carbonyl (C=O) groups excluding carboxylic acids is 2. The third-order valence-corrected chi connectivity index (χ3v) is 4.90. The Bertz CT molecular complexity index is 668. The van der Waals surface area contributed by atoms with Crippen LogP contribution < -0.4 is 5.43 Å². The fourth-order valence-corrected chi connectivity index (χ4v) is 3.57. The van der Waals surface area contributed by atoms with Crippen LogP contribution in [0.2, 0.25) is 0 Å². The molecule has 3 heterocycles. The van der Waals surface area contributed by atoms with Crippen molar-refractivity contribution in [2.24, 2.45) is 5.92 Å². The van der Waals surface area contributed by atoms with Gasteiger partial charge in [0.25, 0.3) is 5.91 Å². The highest BCUT2D eigenvalue weighted by molar-refractivity contribution is 5.91. The van der Waals surface area contributed by atoms with E-state index in [0.717, 1.165) is 25.9 Å². The van der Waals surface area contributed by atoms with Gasteiger partial charge in [0.1, 0.15) is 5.76 Å². The summed E-state index contributed by atoms with van der Waals surface area (Å²) in [6, 6.07) is 2.60. The van der Waals surface area contributed by atoms with Crippen LogP contribution in [0.4, 0.5) is 0 Å². The summed E-state index contributed by atoms with van der Waals surface area (Å²) in [6.45, 7) is 4.45. The van der Waals surface area contributed by atoms with E-state index in [0.29, 0.717) is 31.7 Å². The summed E-state index contributed by atoms with van der Waals surface area (Å²) in [7, 11) is 0. The standard InChI is InChI=1S/C18H24N2O4/c1-13-11-15(21)12-16(24-13)18(23)20-9-5-14(6-10-20)17(22)19-7-3-2-4-8-19/h11-12,14H,2-10H2,1H3. The summed E-state index contributed by atoms with van der Waals surface area (Å²) >= 11 is 0. The summed E-state index contributed by atoms with van der Waals surface area (Å²) in [5.41, 5.74) is -0.225. The van der Waals surface area contributed by atoms with Gasteiger partial charge in [-0.3, -0.25) is 14.4 Å². The lowest BCUT2D eigenvalue weighted by Gasteiger charge is -2.35. The van der Waals surface area contributed by atoms with Gasteiger partial charge in [0, 0.05) is 44.2 Å². The Labute approximate surface area is 141 Å². The average Bonchev–Trinajstić information content (AvgIpc) is 2.60. The highest BCUT2D eigenvalue weighted by atomic mass is 16.3. The minimum atomic E-state index is -0.264. The van der Waals surface area contributed by atoms with Gasteiger partial charge in [0.15, 0.2) is 11.2 Å². The van der Waals surface area contributed by atoms with E-state index in [9.17, 15) is 14.4 Å². The largest absolute Gasteiger partial charge is 0.456 e. The van der Waals surface area contributed by atoms with Gasteiger partial charge in [-0.05, 0) is 39.0 Å². The molecule has 0 N–H and O–H groups in total. The molecule has 0 unspecified atom stereocenters. The van der Waals surface area contributed by atoms with Crippen molar-refractivity contribution in [2.75, 3.05) is 26.2 Å². The third-order valence-electron chi connectivity index (χ3n) is 4.90. The zero-order valence-electron chi connectivity index (χ0n) is 14.1. The molecule has 2 fully saturated rings. The van der Waals surface area contributed by atoms with Crippen LogP contribution in [0.3, 0.4) is 0 Å². The smallest absolute Gasteiger partial charge is 0.289 e. The molecular weight excluding hydrogens is 308 g/mol. The van der Waals surface area contributed by atoms with Crippen LogP contribution in [0.5, 0.6) is 0 Å². The molecule has 0 aliphatic carbocycles. The van der Waals surface area contributed by atoms with E-state index in [-0.39, 0.29) is 28.9 Å². The fraction of sp³-hybridized carbons (Fsp3) is 0.611. The molecule has 0 atom stereocenters. The minimum Gasteiger partial charge on any atom is -0.456 e. The molecule has 0 radical (unpaired) electrons. The number of nitrogens with zero attached hydrogens (tertiary/aromatic N) is 2. The number of piperidine rings is 2. The van der Waals surface area contributed by atoms with Crippen molar-refractivity contribution in [1.29, 1.82) is 0 Å². The highest BCUT2D eigenvalue weighted by Gasteiger charge is 2.31. The first-order chi connectivity index (χ1) is 11.5. The second-order valence-corrected chi connectivity index (χ2v) is 6.72. The molecule has 2 aliphatic rings. The van der Waals surface area contributed by atoms with Gasteiger partial charge in [-0.15, -0.1) is 0 Å². The molecule has 0 spiro atoms. The Morgan fingerprint density at radius 1 is 1.00 bits per heavy atom. The van der Waals surface area contributed by atoms with Crippen LogP contribution in [0.1, 0.15) is 48.4 Å². The van der Waals surface area contributed by atoms with Crippen molar-refractivity contribution in [3.05, 3.63) is 33.9 Å². The fourth-order valence-electron chi connectivity index (χ4n) is 3.57. The van der Waals surface area contributed by atoms with Crippen molar-refractivity contribution in [2.45, 2.75) is 39.0 Å². The molecule has 3 rings (SSSR count). The number of aryl methyl sites for hydroxylation is 1. The minimum absolute atomic E-state index is 0.0108. The zero-order valence-corrected chi connectivity index (χ0v) is 14.1. The van der Waals surface area contributed by atoms with Crippen molar-refractivity contribution in [3.8, 4) is 0 Å². The van der Waals surface area contributed by atoms with Crippen molar-refractivity contribution in [1.82, 2.24) is 9.80 Å². The second kappa shape index (κ2) is 7.20. The molecule has 0 saturated carbocycles. The van der Waals surface area contributed by atoms with E-state index in [1.807, 2.05) is 4.90 Å². The lowest BCUT2D eigenvalue weighted by molar-refractivity contribution is -0.137. The summed E-state index contributed by atoms with van der Waals surface area (Å²) in [5.74, 6) is 0.502. The van der Waals surface area contributed by atoms with Crippen LogP contribution in [0, 0.1) is 12.8 Å². The van der Waals surface area contributed by atoms with Crippen LogP contribution in [-0.2, 0) is 4.79 Å². The first kappa shape index (κ1) is 16.7. The predicted octanol–water partition coefficient (Wildman–Crippen LogP) is 1.81. The molecular formula is C18H24N2O4. The molecule has 24 heavy (non-hydrogen) atoms. The number of amides is 2. The van der Waals surface area contributed by atoms with E-state index >= 15 is 0 Å². The highest BCUT2D eigenvalue weighted by Crippen LogP contribution is 2.23.